The smallest absolute Gasteiger partial charge is 0.271 e. The molecule has 1 N–H and O–H groups in total. The molecular formula is C20H18N2O3. The Bertz CT molecular complexity index is 871. The highest BCUT2D eigenvalue weighted by atomic mass is 16.5. The third-order valence-corrected chi connectivity index (χ3v) is 4.73. The predicted molar refractivity (Wildman–Crippen MR) is 93.6 cm³/mol. The van der Waals surface area contributed by atoms with E-state index in [1.807, 2.05) is 48.5 Å². The highest BCUT2D eigenvalue weighted by molar-refractivity contribution is 6.07. The average Bonchev–Trinajstić information content (AvgIpc) is 2.65. The quantitative estimate of drug-likeness (QED) is 0.856. The average molecular weight is 334 g/mol. The van der Waals surface area contributed by atoms with Gasteiger partial charge in [0.25, 0.3) is 5.91 Å². The van der Waals surface area contributed by atoms with Crippen LogP contribution in [0.2, 0.25) is 0 Å². The van der Waals surface area contributed by atoms with Crippen LogP contribution in [0.3, 0.4) is 0 Å². The second kappa shape index (κ2) is 6.09. The van der Waals surface area contributed by atoms with Gasteiger partial charge in [0.15, 0.2) is 0 Å². The van der Waals surface area contributed by atoms with Gasteiger partial charge in [-0.1, -0.05) is 36.4 Å². The first-order valence-corrected chi connectivity index (χ1v) is 8.20. The molecule has 5 heteroatoms. The maximum Gasteiger partial charge on any atom is 0.271 e. The summed E-state index contributed by atoms with van der Waals surface area (Å²) in [5, 5.41) is 2.77. The Morgan fingerprint density at radius 3 is 2.52 bits per heavy atom. The molecule has 4 rings (SSSR count). The Morgan fingerprint density at radius 2 is 1.80 bits per heavy atom. The van der Waals surface area contributed by atoms with Crippen LogP contribution in [0.15, 0.2) is 54.2 Å². The van der Waals surface area contributed by atoms with E-state index in [2.05, 4.69) is 5.32 Å². The van der Waals surface area contributed by atoms with Crippen molar-refractivity contribution in [1.82, 2.24) is 10.2 Å². The molecule has 2 amide bonds. The van der Waals surface area contributed by atoms with Gasteiger partial charge in [-0.25, -0.2) is 0 Å². The molecule has 0 unspecified atom stereocenters. The minimum absolute atomic E-state index is 0.131. The first kappa shape index (κ1) is 15.4. The van der Waals surface area contributed by atoms with E-state index in [1.54, 1.807) is 18.1 Å². The lowest BCUT2D eigenvalue weighted by Gasteiger charge is -2.39. The second-order valence-corrected chi connectivity index (χ2v) is 6.24. The number of carbonyl (C=O) groups is 2. The maximum atomic E-state index is 12.9. The van der Waals surface area contributed by atoms with E-state index >= 15 is 0 Å². The molecule has 0 bridgehead atoms. The molecular weight excluding hydrogens is 316 g/mol. The SMILES string of the molecule is COc1ccc(/C=C2\NC(=O)[C@H]3Cc4ccccc4CN3C2=O)cc1. The zero-order valence-electron chi connectivity index (χ0n) is 13.9. The van der Waals surface area contributed by atoms with Crippen LogP contribution in [-0.4, -0.2) is 29.9 Å². The van der Waals surface area contributed by atoms with Crippen LogP contribution >= 0.6 is 0 Å². The topological polar surface area (TPSA) is 58.6 Å². The van der Waals surface area contributed by atoms with Crippen molar-refractivity contribution in [2.75, 3.05) is 7.11 Å². The van der Waals surface area contributed by atoms with Crippen molar-refractivity contribution in [3.8, 4) is 5.75 Å². The zero-order chi connectivity index (χ0) is 17.4. The summed E-state index contributed by atoms with van der Waals surface area (Å²) in [5.74, 6) is 0.470. The Labute approximate surface area is 145 Å². The predicted octanol–water partition coefficient (Wildman–Crippen LogP) is 2.12. The molecule has 25 heavy (non-hydrogen) atoms. The lowest BCUT2D eigenvalue weighted by Crippen LogP contribution is -2.58. The molecule has 126 valence electrons. The zero-order valence-corrected chi connectivity index (χ0v) is 13.9. The lowest BCUT2D eigenvalue weighted by molar-refractivity contribution is -0.143. The highest BCUT2D eigenvalue weighted by Crippen LogP contribution is 2.27. The molecule has 0 aliphatic carbocycles. The summed E-state index contributed by atoms with van der Waals surface area (Å²) in [6.07, 6.45) is 2.26. The minimum Gasteiger partial charge on any atom is -0.497 e. The molecule has 0 spiro atoms. The second-order valence-electron chi connectivity index (χ2n) is 6.24. The van der Waals surface area contributed by atoms with Crippen LogP contribution in [0.5, 0.6) is 5.75 Å². The van der Waals surface area contributed by atoms with E-state index in [0.29, 0.717) is 18.7 Å². The van der Waals surface area contributed by atoms with Gasteiger partial charge in [-0.2, -0.15) is 0 Å². The van der Waals surface area contributed by atoms with Crippen molar-refractivity contribution in [2.24, 2.45) is 0 Å². The number of hydrogen-bond donors (Lipinski definition) is 1. The Hall–Kier alpha value is -3.08. The highest BCUT2D eigenvalue weighted by Gasteiger charge is 2.40. The number of ether oxygens (including phenoxy) is 1. The summed E-state index contributed by atoms with van der Waals surface area (Å²) in [5.41, 5.74) is 3.38. The summed E-state index contributed by atoms with van der Waals surface area (Å²) < 4.78 is 5.14. The summed E-state index contributed by atoms with van der Waals surface area (Å²) in [7, 11) is 1.60. The Morgan fingerprint density at radius 1 is 1.08 bits per heavy atom. The third kappa shape index (κ3) is 2.78. The molecule has 2 heterocycles. The third-order valence-electron chi connectivity index (χ3n) is 4.73. The van der Waals surface area contributed by atoms with Crippen LogP contribution in [0.25, 0.3) is 6.08 Å². The van der Waals surface area contributed by atoms with E-state index < -0.39 is 6.04 Å². The fourth-order valence-corrected chi connectivity index (χ4v) is 3.36. The number of hydrogen-bond acceptors (Lipinski definition) is 3. The maximum absolute atomic E-state index is 12.9. The molecule has 2 aliphatic heterocycles. The van der Waals surface area contributed by atoms with Gasteiger partial charge in [0.05, 0.1) is 7.11 Å². The molecule has 0 saturated carbocycles. The number of nitrogens with one attached hydrogen (secondary N) is 1. The van der Waals surface area contributed by atoms with Gasteiger partial charge in [0, 0.05) is 13.0 Å². The lowest BCUT2D eigenvalue weighted by atomic mass is 9.91. The van der Waals surface area contributed by atoms with Crippen molar-refractivity contribution in [2.45, 2.75) is 19.0 Å². The summed E-state index contributed by atoms with van der Waals surface area (Å²) >= 11 is 0. The van der Waals surface area contributed by atoms with Crippen molar-refractivity contribution < 1.29 is 14.3 Å². The van der Waals surface area contributed by atoms with Crippen molar-refractivity contribution in [1.29, 1.82) is 0 Å². The number of carbonyl (C=O) groups excluding carboxylic acids is 2. The fraction of sp³-hybridized carbons (Fsp3) is 0.200. The van der Waals surface area contributed by atoms with E-state index in [1.165, 1.54) is 0 Å². The first-order valence-electron chi connectivity index (χ1n) is 8.20. The van der Waals surface area contributed by atoms with Crippen LogP contribution < -0.4 is 10.1 Å². The molecule has 2 aromatic rings. The number of benzene rings is 2. The largest absolute Gasteiger partial charge is 0.497 e. The molecule has 0 radical (unpaired) electrons. The van der Waals surface area contributed by atoms with Gasteiger partial charge in [-0.05, 0) is 34.9 Å². The number of nitrogens with zero attached hydrogens (tertiary/aromatic N) is 1. The fourth-order valence-electron chi connectivity index (χ4n) is 3.36. The van der Waals surface area contributed by atoms with E-state index in [9.17, 15) is 9.59 Å². The number of rotatable bonds is 2. The summed E-state index contributed by atoms with van der Waals surface area (Å²) in [6, 6.07) is 14.9. The molecule has 5 nitrogen and oxygen atoms in total. The van der Waals surface area contributed by atoms with Crippen LogP contribution in [0, 0.1) is 0 Å². The van der Waals surface area contributed by atoms with Gasteiger partial charge in [0.1, 0.15) is 17.5 Å². The normalized spacial score (nSPS) is 20.8. The van der Waals surface area contributed by atoms with Gasteiger partial charge in [-0.3, -0.25) is 9.59 Å². The summed E-state index contributed by atoms with van der Waals surface area (Å²) in [6.45, 7) is 0.465. The first-order chi connectivity index (χ1) is 12.2. The Balaban J connectivity index is 1.64. The van der Waals surface area contributed by atoms with E-state index in [0.717, 1.165) is 22.4 Å². The molecule has 1 atom stereocenters. The molecule has 2 aromatic carbocycles. The number of methoxy groups -OCH3 is 1. The van der Waals surface area contributed by atoms with Crippen LogP contribution in [0.1, 0.15) is 16.7 Å². The van der Waals surface area contributed by atoms with Crippen LogP contribution in [-0.2, 0) is 22.6 Å². The number of amides is 2. The van der Waals surface area contributed by atoms with Crippen molar-refractivity contribution in [3.05, 3.63) is 70.9 Å². The number of piperazine rings is 1. The van der Waals surface area contributed by atoms with Gasteiger partial charge < -0.3 is 15.0 Å². The van der Waals surface area contributed by atoms with Crippen LogP contribution in [0.4, 0.5) is 0 Å². The standard InChI is InChI=1S/C20H18N2O3/c1-25-16-8-6-13(7-9-16)10-17-20(24)22-12-15-5-3-2-4-14(15)11-18(22)19(23)21-17/h2-10,18H,11-12H2,1H3,(H,21,23)/b17-10-/t18-/m1/s1. The van der Waals surface area contributed by atoms with Gasteiger partial charge in [0.2, 0.25) is 5.91 Å². The summed E-state index contributed by atoms with van der Waals surface area (Å²) in [4.78, 5) is 27.0. The molecule has 2 aliphatic rings. The van der Waals surface area contributed by atoms with Gasteiger partial charge >= 0.3 is 0 Å². The van der Waals surface area contributed by atoms with Crippen molar-refractivity contribution >= 4 is 17.9 Å². The number of fused-ring (bicyclic) bond motifs is 2. The Kier molecular flexibility index (Phi) is 3.76. The van der Waals surface area contributed by atoms with E-state index in [-0.39, 0.29) is 11.8 Å². The monoisotopic (exact) mass is 334 g/mol. The molecule has 1 saturated heterocycles. The van der Waals surface area contributed by atoms with E-state index in [4.69, 9.17) is 4.74 Å². The van der Waals surface area contributed by atoms with Crippen molar-refractivity contribution in [3.63, 3.8) is 0 Å². The minimum atomic E-state index is -0.435. The molecule has 0 aromatic heterocycles. The van der Waals surface area contributed by atoms with Gasteiger partial charge in [-0.15, -0.1) is 0 Å². The molecule has 1 fully saturated rings.